The van der Waals surface area contributed by atoms with Crippen LogP contribution in [-0.2, 0) is 4.79 Å². The van der Waals surface area contributed by atoms with E-state index in [2.05, 4.69) is 23.3 Å². The number of benzene rings is 2. The number of thiazole rings is 1. The molecule has 0 aliphatic heterocycles. The van der Waals surface area contributed by atoms with E-state index in [0.29, 0.717) is 22.8 Å². The van der Waals surface area contributed by atoms with E-state index in [0.717, 1.165) is 20.1 Å². The predicted octanol–water partition coefficient (Wildman–Crippen LogP) is 3.04. The molecular weight excluding hydrogens is 368 g/mol. The van der Waals surface area contributed by atoms with Crippen LogP contribution < -0.4 is 10.2 Å². The Bertz CT molecular complexity index is 962. The molecule has 132 valence electrons. The molecule has 3 rings (SSSR count). The van der Waals surface area contributed by atoms with E-state index in [9.17, 15) is 4.79 Å². The summed E-state index contributed by atoms with van der Waals surface area (Å²) >= 11 is 7.66. The second kappa shape index (κ2) is 7.83. The Hall–Kier alpha value is -2.46. The molecule has 0 radical (unpaired) electrons. The van der Waals surface area contributed by atoms with Crippen LogP contribution in [0.25, 0.3) is 10.2 Å². The van der Waals surface area contributed by atoms with Crippen molar-refractivity contribution in [2.75, 3.05) is 18.9 Å². The number of rotatable bonds is 5. The highest BCUT2D eigenvalue weighted by atomic mass is 35.5. The van der Waals surface area contributed by atoms with Gasteiger partial charge in [-0.2, -0.15) is 5.26 Å². The maximum Gasteiger partial charge on any atom is 0.279 e. The zero-order valence-electron chi connectivity index (χ0n) is 14.4. The number of hydrogen-bond acceptors (Lipinski definition) is 4. The largest absolute Gasteiger partial charge is 0.322 e. The first-order chi connectivity index (χ1) is 12.5. The molecule has 1 heterocycles. The number of fused-ring (bicyclic) bond motifs is 1. The number of amides is 1. The third kappa shape index (κ3) is 4.02. The normalized spacial score (nSPS) is 13.2. The number of quaternary nitrogens is 1. The van der Waals surface area contributed by atoms with Gasteiger partial charge in [-0.15, -0.1) is 11.3 Å². The summed E-state index contributed by atoms with van der Waals surface area (Å²) in [4.78, 5) is 18.1. The molecule has 1 aromatic heterocycles. The Morgan fingerprint density at radius 1 is 1.38 bits per heavy atom. The summed E-state index contributed by atoms with van der Waals surface area (Å²) in [6.45, 7) is 2.37. The number of para-hydroxylation sites is 1. The van der Waals surface area contributed by atoms with Crippen molar-refractivity contribution in [3.8, 4) is 6.07 Å². The molecule has 0 aliphatic rings. The van der Waals surface area contributed by atoms with Gasteiger partial charge in [0.2, 0.25) is 0 Å². The third-order valence-corrected chi connectivity index (χ3v) is 5.76. The van der Waals surface area contributed by atoms with Crippen molar-refractivity contribution in [2.24, 2.45) is 0 Å². The number of anilines is 1. The van der Waals surface area contributed by atoms with Gasteiger partial charge < -0.3 is 10.2 Å². The van der Waals surface area contributed by atoms with Gasteiger partial charge in [0.05, 0.1) is 27.9 Å². The summed E-state index contributed by atoms with van der Waals surface area (Å²) in [7, 11) is 1.97. The SMILES string of the molecule is C[C@H](c1nc2ccccc2s1)[NH+](C)CC(=O)Nc1ccc(C#N)c(Cl)c1. The van der Waals surface area contributed by atoms with Gasteiger partial charge >= 0.3 is 0 Å². The molecule has 5 nitrogen and oxygen atoms in total. The molecule has 0 saturated carbocycles. The van der Waals surface area contributed by atoms with Gasteiger partial charge in [0.15, 0.2) is 11.6 Å². The Morgan fingerprint density at radius 2 is 2.15 bits per heavy atom. The van der Waals surface area contributed by atoms with Crippen molar-refractivity contribution >= 4 is 44.7 Å². The van der Waals surface area contributed by atoms with Crippen molar-refractivity contribution in [3.63, 3.8) is 0 Å². The van der Waals surface area contributed by atoms with Crippen LogP contribution in [0.1, 0.15) is 23.5 Å². The quantitative estimate of drug-likeness (QED) is 0.709. The first kappa shape index (κ1) is 18.3. The molecular formula is C19H18ClN4OS+. The first-order valence-corrected chi connectivity index (χ1v) is 9.34. The fraction of sp³-hybridized carbons (Fsp3) is 0.211. The summed E-state index contributed by atoms with van der Waals surface area (Å²) < 4.78 is 1.15. The highest BCUT2D eigenvalue weighted by Gasteiger charge is 2.22. The fourth-order valence-corrected chi connectivity index (χ4v) is 3.92. The Kier molecular flexibility index (Phi) is 5.52. The minimum absolute atomic E-state index is 0.0997. The lowest BCUT2D eigenvalue weighted by atomic mass is 10.2. The van der Waals surface area contributed by atoms with Crippen LogP contribution in [0.4, 0.5) is 5.69 Å². The smallest absolute Gasteiger partial charge is 0.279 e. The molecule has 0 aliphatic carbocycles. The molecule has 2 atom stereocenters. The van der Waals surface area contributed by atoms with Crippen molar-refractivity contribution in [1.29, 1.82) is 5.26 Å². The highest BCUT2D eigenvalue weighted by molar-refractivity contribution is 7.18. The van der Waals surface area contributed by atoms with Gasteiger partial charge in [0, 0.05) is 5.69 Å². The molecule has 0 saturated heterocycles. The fourth-order valence-electron chi connectivity index (χ4n) is 2.58. The number of nitrogens with one attached hydrogen (secondary N) is 2. The zero-order chi connectivity index (χ0) is 18.7. The number of likely N-dealkylation sites (N-methyl/N-ethyl adjacent to an activating group) is 1. The van der Waals surface area contributed by atoms with E-state index in [1.165, 1.54) is 0 Å². The van der Waals surface area contributed by atoms with Gasteiger partial charge in [-0.05, 0) is 37.3 Å². The number of halogens is 1. The van der Waals surface area contributed by atoms with Gasteiger partial charge in [-0.1, -0.05) is 23.7 Å². The maximum absolute atomic E-state index is 12.3. The number of nitrogens with zero attached hydrogens (tertiary/aromatic N) is 2. The number of carbonyl (C=O) groups excluding carboxylic acids is 1. The first-order valence-electron chi connectivity index (χ1n) is 8.15. The molecule has 1 amide bonds. The third-order valence-electron chi connectivity index (χ3n) is 4.23. The average Bonchev–Trinajstić information content (AvgIpc) is 3.05. The van der Waals surface area contributed by atoms with Gasteiger partial charge in [-0.3, -0.25) is 4.79 Å². The van der Waals surface area contributed by atoms with Crippen LogP contribution in [-0.4, -0.2) is 24.5 Å². The van der Waals surface area contributed by atoms with Gasteiger partial charge in [0.1, 0.15) is 12.1 Å². The molecule has 0 spiro atoms. The molecule has 2 aromatic carbocycles. The molecule has 26 heavy (non-hydrogen) atoms. The summed E-state index contributed by atoms with van der Waals surface area (Å²) in [5.41, 5.74) is 1.96. The van der Waals surface area contributed by atoms with E-state index in [4.69, 9.17) is 16.9 Å². The number of aromatic nitrogens is 1. The molecule has 0 fully saturated rings. The topological polar surface area (TPSA) is 70.2 Å². The Morgan fingerprint density at radius 3 is 2.85 bits per heavy atom. The summed E-state index contributed by atoms with van der Waals surface area (Å²) in [6, 6.07) is 15.0. The van der Waals surface area contributed by atoms with E-state index < -0.39 is 0 Å². The van der Waals surface area contributed by atoms with Crippen LogP contribution in [0.5, 0.6) is 0 Å². The average molecular weight is 386 g/mol. The zero-order valence-corrected chi connectivity index (χ0v) is 16.0. The number of nitriles is 1. The highest BCUT2D eigenvalue weighted by Crippen LogP contribution is 2.24. The van der Waals surface area contributed by atoms with Crippen molar-refractivity contribution in [1.82, 2.24) is 4.98 Å². The molecule has 3 aromatic rings. The summed E-state index contributed by atoms with van der Waals surface area (Å²) in [5.74, 6) is -0.115. The van der Waals surface area contributed by atoms with Crippen LogP contribution in [0.2, 0.25) is 5.02 Å². The van der Waals surface area contributed by atoms with Crippen LogP contribution in [0.3, 0.4) is 0 Å². The molecule has 7 heteroatoms. The number of carbonyl (C=O) groups is 1. The minimum atomic E-state index is -0.115. The van der Waals surface area contributed by atoms with E-state index >= 15 is 0 Å². The second-order valence-electron chi connectivity index (χ2n) is 6.12. The van der Waals surface area contributed by atoms with E-state index in [1.807, 2.05) is 31.3 Å². The maximum atomic E-state index is 12.3. The molecule has 1 unspecified atom stereocenters. The van der Waals surface area contributed by atoms with Crippen LogP contribution in [0.15, 0.2) is 42.5 Å². The molecule has 2 N–H and O–H groups in total. The predicted molar refractivity (Wildman–Crippen MR) is 105 cm³/mol. The minimum Gasteiger partial charge on any atom is -0.322 e. The molecule has 0 bridgehead atoms. The Labute approximate surface area is 160 Å². The van der Waals surface area contributed by atoms with Crippen molar-refractivity contribution in [3.05, 3.63) is 58.1 Å². The summed E-state index contributed by atoms with van der Waals surface area (Å²) in [5, 5.41) is 13.1. The lowest BCUT2D eigenvalue weighted by molar-refractivity contribution is -0.902. The van der Waals surface area contributed by atoms with Crippen molar-refractivity contribution in [2.45, 2.75) is 13.0 Å². The van der Waals surface area contributed by atoms with Gasteiger partial charge in [0.25, 0.3) is 5.91 Å². The van der Waals surface area contributed by atoms with Gasteiger partial charge in [-0.25, -0.2) is 4.98 Å². The Balaban J connectivity index is 1.64. The second-order valence-corrected chi connectivity index (χ2v) is 7.59. The van der Waals surface area contributed by atoms with E-state index in [-0.39, 0.29) is 11.9 Å². The number of hydrogen-bond donors (Lipinski definition) is 2. The standard InChI is InChI=1S/C19H17ClN4OS/c1-12(19-23-16-5-3-4-6-17(16)26-19)24(2)11-18(25)22-14-8-7-13(10-21)15(20)9-14/h3-9,12H,11H2,1-2H3,(H,22,25)/p+1/t12-/m1/s1. The van der Waals surface area contributed by atoms with Crippen molar-refractivity contribution < 1.29 is 9.69 Å². The van der Waals surface area contributed by atoms with Crippen LogP contribution in [0, 0.1) is 11.3 Å². The lowest BCUT2D eigenvalue weighted by Gasteiger charge is -2.19. The summed E-state index contributed by atoms with van der Waals surface area (Å²) in [6.07, 6.45) is 0. The lowest BCUT2D eigenvalue weighted by Crippen LogP contribution is -3.10. The van der Waals surface area contributed by atoms with E-state index in [1.54, 1.807) is 29.5 Å². The van der Waals surface area contributed by atoms with Crippen LogP contribution >= 0.6 is 22.9 Å². The monoisotopic (exact) mass is 385 g/mol.